The molecule has 0 aliphatic carbocycles. The first-order valence-electron chi connectivity index (χ1n) is 8.87. The molecular formula is C20H13ClN6O3. The number of para-hydroxylation sites is 1. The highest BCUT2D eigenvalue weighted by Gasteiger charge is 2.18. The standard InChI is InChI=1S/C20H13ClN6O3/c21-11-4-5-14-10(8-11)9-15(30-14)18(29)27-20-24-13-3-1-2-12(16(13)25-20)17(28)26-19-22-6-7-23-19/h1-9H,(H2,22,23,26,28)(H2,24,25,27,29). The van der Waals surface area contributed by atoms with Crippen molar-refractivity contribution in [3.05, 3.63) is 71.2 Å². The summed E-state index contributed by atoms with van der Waals surface area (Å²) in [7, 11) is 0. The summed E-state index contributed by atoms with van der Waals surface area (Å²) in [6, 6.07) is 11.8. The van der Waals surface area contributed by atoms with E-state index in [2.05, 4.69) is 30.6 Å². The Morgan fingerprint density at radius 3 is 2.73 bits per heavy atom. The third-order valence-corrected chi connectivity index (χ3v) is 4.66. The summed E-state index contributed by atoms with van der Waals surface area (Å²) in [5.74, 6) is -0.238. The highest BCUT2D eigenvalue weighted by atomic mass is 35.5. The number of halogens is 1. The number of hydrogen-bond donors (Lipinski definition) is 4. The van der Waals surface area contributed by atoms with Crippen LogP contribution in [0.4, 0.5) is 11.9 Å². The van der Waals surface area contributed by atoms with Crippen molar-refractivity contribution in [1.29, 1.82) is 0 Å². The number of carbonyl (C=O) groups is 2. The molecule has 3 heterocycles. The lowest BCUT2D eigenvalue weighted by Crippen LogP contribution is -2.13. The number of amides is 2. The number of aromatic amines is 2. The molecule has 0 bridgehead atoms. The van der Waals surface area contributed by atoms with Crippen LogP contribution in [-0.4, -0.2) is 31.8 Å². The smallest absolute Gasteiger partial charge is 0.293 e. The third kappa shape index (κ3) is 3.27. The van der Waals surface area contributed by atoms with Crippen LogP contribution in [0.25, 0.3) is 22.0 Å². The Balaban J connectivity index is 1.42. The quantitative estimate of drug-likeness (QED) is 0.346. The Morgan fingerprint density at radius 1 is 1.03 bits per heavy atom. The van der Waals surface area contributed by atoms with E-state index in [0.717, 1.165) is 0 Å². The van der Waals surface area contributed by atoms with Gasteiger partial charge in [0.2, 0.25) is 11.9 Å². The maximum Gasteiger partial charge on any atom is 0.293 e. The second-order valence-corrected chi connectivity index (χ2v) is 6.86. The van der Waals surface area contributed by atoms with Crippen LogP contribution in [0.5, 0.6) is 0 Å². The van der Waals surface area contributed by atoms with Gasteiger partial charge in [0, 0.05) is 22.8 Å². The Hall–Kier alpha value is -4.11. The van der Waals surface area contributed by atoms with Crippen LogP contribution in [0.15, 0.2) is 59.3 Å². The zero-order chi connectivity index (χ0) is 20.7. The molecule has 0 unspecified atom stereocenters. The fourth-order valence-corrected chi connectivity index (χ4v) is 3.26. The molecule has 0 atom stereocenters. The highest BCUT2D eigenvalue weighted by molar-refractivity contribution is 6.31. The van der Waals surface area contributed by atoms with Gasteiger partial charge in [-0.15, -0.1) is 0 Å². The number of fused-ring (bicyclic) bond motifs is 2. The summed E-state index contributed by atoms with van der Waals surface area (Å²) in [5, 5.41) is 6.57. The predicted octanol–water partition coefficient (Wildman–Crippen LogP) is 4.19. The van der Waals surface area contributed by atoms with Crippen molar-refractivity contribution in [2.75, 3.05) is 10.6 Å². The molecule has 0 saturated carbocycles. The van der Waals surface area contributed by atoms with E-state index in [1.165, 1.54) is 6.20 Å². The Kier molecular flexibility index (Phi) is 4.22. The molecule has 9 nitrogen and oxygen atoms in total. The van der Waals surface area contributed by atoms with Gasteiger partial charge in [-0.1, -0.05) is 17.7 Å². The number of H-pyrrole nitrogens is 2. The van der Waals surface area contributed by atoms with Gasteiger partial charge in [-0.3, -0.25) is 20.2 Å². The average Bonchev–Trinajstić information content (AvgIpc) is 3.45. The molecule has 2 aromatic carbocycles. The molecule has 2 amide bonds. The van der Waals surface area contributed by atoms with E-state index in [-0.39, 0.29) is 17.6 Å². The summed E-state index contributed by atoms with van der Waals surface area (Å²) in [4.78, 5) is 39.3. The van der Waals surface area contributed by atoms with Gasteiger partial charge in [0.25, 0.3) is 11.8 Å². The van der Waals surface area contributed by atoms with Gasteiger partial charge in [-0.05, 0) is 36.4 Å². The van der Waals surface area contributed by atoms with Gasteiger partial charge >= 0.3 is 0 Å². The number of rotatable bonds is 4. The number of anilines is 2. The minimum atomic E-state index is -0.483. The predicted molar refractivity (Wildman–Crippen MR) is 112 cm³/mol. The van der Waals surface area contributed by atoms with Crippen molar-refractivity contribution < 1.29 is 14.0 Å². The number of carbonyl (C=O) groups excluding carboxylic acids is 2. The van der Waals surface area contributed by atoms with E-state index in [4.69, 9.17) is 16.0 Å². The van der Waals surface area contributed by atoms with Crippen LogP contribution in [0.2, 0.25) is 5.02 Å². The summed E-state index contributed by atoms with van der Waals surface area (Å²) in [6.45, 7) is 0. The summed E-state index contributed by atoms with van der Waals surface area (Å²) in [6.07, 6.45) is 3.13. The van der Waals surface area contributed by atoms with Gasteiger partial charge in [-0.2, -0.15) is 0 Å². The monoisotopic (exact) mass is 420 g/mol. The van der Waals surface area contributed by atoms with E-state index in [1.807, 2.05) is 0 Å². The SMILES string of the molecule is O=C(Nc1nc2c(C(=O)Nc3ncc[nH]3)cccc2[nH]1)c1cc2cc(Cl)ccc2o1. The van der Waals surface area contributed by atoms with Crippen molar-refractivity contribution in [3.63, 3.8) is 0 Å². The molecular weight excluding hydrogens is 408 g/mol. The number of imidazole rings is 2. The van der Waals surface area contributed by atoms with Crippen molar-refractivity contribution >= 4 is 57.3 Å². The molecule has 148 valence electrons. The Morgan fingerprint density at radius 2 is 1.90 bits per heavy atom. The lowest BCUT2D eigenvalue weighted by molar-refractivity contribution is 0.0996. The average molecular weight is 421 g/mol. The largest absolute Gasteiger partial charge is 0.451 e. The van der Waals surface area contributed by atoms with Crippen LogP contribution in [-0.2, 0) is 0 Å². The molecule has 0 radical (unpaired) electrons. The number of hydrogen-bond acceptors (Lipinski definition) is 5. The maximum absolute atomic E-state index is 12.6. The van der Waals surface area contributed by atoms with Crippen molar-refractivity contribution in [2.45, 2.75) is 0 Å². The fourth-order valence-electron chi connectivity index (χ4n) is 3.08. The van der Waals surface area contributed by atoms with Gasteiger partial charge in [0.1, 0.15) is 11.1 Å². The molecule has 0 aliphatic rings. The van der Waals surface area contributed by atoms with Crippen molar-refractivity contribution in [1.82, 2.24) is 19.9 Å². The normalized spacial score (nSPS) is 11.1. The van der Waals surface area contributed by atoms with Crippen LogP contribution in [0.3, 0.4) is 0 Å². The first kappa shape index (κ1) is 18.0. The van der Waals surface area contributed by atoms with Gasteiger partial charge in [-0.25, -0.2) is 9.97 Å². The molecule has 10 heteroatoms. The lowest BCUT2D eigenvalue weighted by Gasteiger charge is -2.02. The molecule has 0 saturated heterocycles. The number of benzene rings is 2. The lowest BCUT2D eigenvalue weighted by atomic mass is 10.2. The Bertz CT molecular complexity index is 1400. The number of nitrogens with zero attached hydrogens (tertiary/aromatic N) is 2. The third-order valence-electron chi connectivity index (χ3n) is 4.42. The number of nitrogens with one attached hydrogen (secondary N) is 4. The first-order chi connectivity index (χ1) is 14.6. The van der Waals surface area contributed by atoms with E-state index in [0.29, 0.717) is 38.5 Å². The molecule has 0 aliphatic heterocycles. The van der Waals surface area contributed by atoms with E-state index in [9.17, 15) is 9.59 Å². The van der Waals surface area contributed by atoms with Crippen molar-refractivity contribution in [3.8, 4) is 0 Å². The molecule has 5 rings (SSSR count). The molecule has 0 fully saturated rings. The minimum absolute atomic E-state index is 0.114. The number of aromatic nitrogens is 4. The fraction of sp³-hybridized carbons (Fsp3) is 0. The summed E-state index contributed by atoms with van der Waals surface area (Å²) >= 11 is 5.97. The van der Waals surface area contributed by atoms with Crippen LogP contribution >= 0.6 is 11.6 Å². The molecule has 3 aromatic heterocycles. The van der Waals surface area contributed by atoms with E-state index in [1.54, 1.807) is 48.7 Å². The second-order valence-electron chi connectivity index (χ2n) is 6.43. The second kappa shape index (κ2) is 7.05. The summed E-state index contributed by atoms with van der Waals surface area (Å²) < 4.78 is 5.56. The van der Waals surface area contributed by atoms with E-state index < -0.39 is 5.91 Å². The van der Waals surface area contributed by atoms with Crippen LogP contribution < -0.4 is 10.6 Å². The van der Waals surface area contributed by atoms with Crippen LogP contribution in [0.1, 0.15) is 20.9 Å². The molecule has 30 heavy (non-hydrogen) atoms. The van der Waals surface area contributed by atoms with Gasteiger partial charge in [0.15, 0.2) is 5.76 Å². The Labute approximate surface area is 173 Å². The van der Waals surface area contributed by atoms with Crippen molar-refractivity contribution in [2.24, 2.45) is 0 Å². The van der Waals surface area contributed by atoms with E-state index >= 15 is 0 Å². The molecule has 5 aromatic rings. The zero-order valence-corrected chi connectivity index (χ0v) is 15.9. The topological polar surface area (TPSA) is 129 Å². The van der Waals surface area contributed by atoms with Gasteiger partial charge < -0.3 is 14.4 Å². The van der Waals surface area contributed by atoms with Gasteiger partial charge in [0.05, 0.1) is 11.1 Å². The minimum Gasteiger partial charge on any atom is -0.451 e. The number of furan rings is 1. The highest BCUT2D eigenvalue weighted by Crippen LogP contribution is 2.24. The van der Waals surface area contributed by atoms with Crippen LogP contribution in [0, 0.1) is 0 Å². The molecule has 0 spiro atoms. The zero-order valence-electron chi connectivity index (χ0n) is 15.2. The summed E-state index contributed by atoms with van der Waals surface area (Å²) in [5.41, 5.74) is 1.88. The first-order valence-corrected chi connectivity index (χ1v) is 9.24. The molecule has 4 N–H and O–H groups in total. The maximum atomic E-state index is 12.6.